The van der Waals surface area contributed by atoms with Crippen molar-refractivity contribution in [3.05, 3.63) is 63.1 Å². The summed E-state index contributed by atoms with van der Waals surface area (Å²) in [5.74, 6) is 1.83. The highest BCUT2D eigenvalue weighted by Crippen LogP contribution is 2.21. The minimum absolute atomic E-state index is 0.820. The maximum atomic E-state index is 4.55. The number of aromatic amines is 1. The van der Waals surface area contributed by atoms with Crippen LogP contribution in [0.2, 0.25) is 0 Å². The maximum Gasteiger partial charge on any atom is 0.208 e. The van der Waals surface area contributed by atoms with Gasteiger partial charge in [-0.2, -0.15) is 0 Å². The highest BCUT2D eigenvalue weighted by molar-refractivity contribution is 7.98. The molecule has 1 N–H and O–H groups in total. The first-order valence-corrected chi connectivity index (χ1v) is 8.69. The molecule has 108 valence electrons. The van der Waals surface area contributed by atoms with Gasteiger partial charge in [0.15, 0.2) is 0 Å². The van der Waals surface area contributed by atoms with Crippen LogP contribution in [0.3, 0.4) is 0 Å². The molecule has 1 aromatic carbocycles. The molecule has 5 heteroatoms. The second kappa shape index (κ2) is 6.45. The summed E-state index contributed by atoms with van der Waals surface area (Å²) in [5, 5.41) is 10.2. The number of nitrogens with one attached hydrogen (secondary N) is 1. The van der Waals surface area contributed by atoms with Crippen molar-refractivity contribution in [2.75, 3.05) is 0 Å². The Hall–Kier alpha value is -1.59. The molecule has 0 aliphatic heterocycles. The van der Waals surface area contributed by atoms with E-state index < -0.39 is 0 Å². The van der Waals surface area contributed by atoms with Crippen molar-refractivity contribution in [3.8, 4) is 0 Å². The van der Waals surface area contributed by atoms with Gasteiger partial charge in [0.05, 0.1) is 0 Å². The van der Waals surface area contributed by atoms with Crippen LogP contribution in [-0.4, -0.2) is 15.2 Å². The predicted octanol–water partition coefficient (Wildman–Crippen LogP) is 4.37. The molecular weight excluding hydrogens is 298 g/mol. The molecular formula is C16H17N3S2. The van der Waals surface area contributed by atoms with Crippen LogP contribution in [0.25, 0.3) is 0 Å². The molecule has 0 amide bonds. The van der Waals surface area contributed by atoms with Crippen molar-refractivity contribution in [1.82, 2.24) is 15.2 Å². The number of thiophene rings is 1. The normalized spacial score (nSPS) is 11.0. The molecule has 0 aliphatic rings. The van der Waals surface area contributed by atoms with Gasteiger partial charge in [0, 0.05) is 17.1 Å². The molecule has 21 heavy (non-hydrogen) atoms. The summed E-state index contributed by atoms with van der Waals surface area (Å²) < 4.78 is 0. The summed E-state index contributed by atoms with van der Waals surface area (Å²) in [6.45, 7) is 4.26. The zero-order chi connectivity index (χ0) is 14.7. The van der Waals surface area contributed by atoms with Gasteiger partial charge in [-0.25, -0.2) is 4.98 Å². The molecule has 3 aromatic rings. The van der Waals surface area contributed by atoms with Crippen LogP contribution in [0.15, 0.2) is 40.9 Å². The van der Waals surface area contributed by atoms with E-state index in [1.54, 1.807) is 23.1 Å². The molecule has 0 aliphatic carbocycles. The fraction of sp³-hybridized carbons (Fsp3) is 0.250. The van der Waals surface area contributed by atoms with Crippen LogP contribution >= 0.6 is 23.1 Å². The maximum absolute atomic E-state index is 4.55. The summed E-state index contributed by atoms with van der Waals surface area (Å²) in [6.07, 6.45) is 0.828. The number of hydrogen-bond donors (Lipinski definition) is 1. The largest absolute Gasteiger partial charge is 0.262 e. The van der Waals surface area contributed by atoms with Crippen molar-refractivity contribution >= 4 is 23.1 Å². The zero-order valence-electron chi connectivity index (χ0n) is 12.1. The molecule has 0 saturated heterocycles. The van der Waals surface area contributed by atoms with Gasteiger partial charge < -0.3 is 0 Å². The molecule has 0 radical (unpaired) electrons. The van der Waals surface area contributed by atoms with Gasteiger partial charge in [0.1, 0.15) is 5.82 Å². The predicted molar refractivity (Wildman–Crippen MR) is 89.0 cm³/mol. The van der Waals surface area contributed by atoms with Crippen LogP contribution < -0.4 is 0 Å². The third kappa shape index (κ3) is 3.95. The average Bonchev–Trinajstić information content (AvgIpc) is 3.08. The summed E-state index contributed by atoms with van der Waals surface area (Å²) in [6, 6.07) is 10.8. The van der Waals surface area contributed by atoms with E-state index in [9.17, 15) is 0 Å². The van der Waals surface area contributed by atoms with E-state index >= 15 is 0 Å². The standard InChI is InChI=1S/C16H17N3S2/c1-11-6-12(2)8-13(7-11)10-21-16-17-15(18-19-16)9-14-4-3-5-20-14/h3-8H,9-10H2,1-2H3,(H,17,18,19). The van der Waals surface area contributed by atoms with E-state index in [2.05, 4.69) is 64.7 Å². The van der Waals surface area contributed by atoms with Gasteiger partial charge in [0.2, 0.25) is 5.16 Å². The number of aromatic nitrogens is 3. The molecule has 0 fully saturated rings. The monoisotopic (exact) mass is 315 g/mol. The van der Waals surface area contributed by atoms with Crippen molar-refractivity contribution in [1.29, 1.82) is 0 Å². The van der Waals surface area contributed by atoms with Crippen molar-refractivity contribution in [2.24, 2.45) is 0 Å². The Morgan fingerprint density at radius 3 is 2.71 bits per heavy atom. The van der Waals surface area contributed by atoms with Gasteiger partial charge in [-0.1, -0.05) is 47.2 Å². The lowest BCUT2D eigenvalue weighted by atomic mass is 10.1. The number of H-pyrrole nitrogens is 1. The molecule has 3 rings (SSSR count). The van der Waals surface area contributed by atoms with Crippen LogP contribution in [0.1, 0.15) is 27.4 Å². The Kier molecular flexibility index (Phi) is 4.41. The number of hydrogen-bond acceptors (Lipinski definition) is 4. The Labute approximate surface area is 132 Å². The van der Waals surface area contributed by atoms with E-state index in [4.69, 9.17) is 0 Å². The first-order chi connectivity index (χ1) is 10.2. The number of benzene rings is 1. The Morgan fingerprint density at radius 1 is 1.19 bits per heavy atom. The van der Waals surface area contributed by atoms with Crippen LogP contribution in [0.4, 0.5) is 0 Å². The highest BCUT2D eigenvalue weighted by Gasteiger charge is 2.06. The molecule has 0 bridgehead atoms. The lowest BCUT2D eigenvalue weighted by Crippen LogP contribution is -1.87. The smallest absolute Gasteiger partial charge is 0.208 e. The van der Waals surface area contributed by atoms with Gasteiger partial charge >= 0.3 is 0 Å². The summed E-state index contributed by atoms with van der Waals surface area (Å²) >= 11 is 3.42. The second-order valence-corrected chi connectivity index (χ2v) is 7.08. The first kappa shape index (κ1) is 14.4. The van der Waals surface area contributed by atoms with Gasteiger partial charge in [-0.3, -0.25) is 5.10 Å². The molecule has 0 atom stereocenters. The summed E-state index contributed by atoms with van der Waals surface area (Å²) in [7, 11) is 0. The van der Waals surface area contributed by atoms with E-state index in [-0.39, 0.29) is 0 Å². The Morgan fingerprint density at radius 2 is 2.00 bits per heavy atom. The fourth-order valence-electron chi connectivity index (χ4n) is 2.30. The topological polar surface area (TPSA) is 41.6 Å². The SMILES string of the molecule is Cc1cc(C)cc(CSc2n[nH]c(Cc3cccs3)n2)c1. The van der Waals surface area contributed by atoms with Crippen molar-refractivity contribution < 1.29 is 0 Å². The summed E-state index contributed by atoms with van der Waals surface area (Å²) in [4.78, 5) is 5.85. The van der Waals surface area contributed by atoms with Crippen molar-refractivity contribution in [2.45, 2.75) is 31.2 Å². The van der Waals surface area contributed by atoms with Crippen molar-refractivity contribution in [3.63, 3.8) is 0 Å². The van der Waals surface area contributed by atoms with Crippen LogP contribution in [-0.2, 0) is 12.2 Å². The third-order valence-electron chi connectivity index (χ3n) is 3.08. The lowest BCUT2D eigenvalue weighted by molar-refractivity contribution is 0.960. The number of thioether (sulfide) groups is 1. The van der Waals surface area contributed by atoms with Gasteiger partial charge in [-0.05, 0) is 30.9 Å². The van der Waals surface area contributed by atoms with E-state index in [1.165, 1.54) is 21.6 Å². The molecule has 2 heterocycles. The van der Waals surface area contributed by atoms with E-state index in [0.29, 0.717) is 0 Å². The Bertz CT molecular complexity index is 697. The quantitative estimate of drug-likeness (QED) is 0.711. The van der Waals surface area contributed by atoms with E-state index in [0.717, 1.165) is 23.2 Å². The molecule has 2 aromatic heterocycles. The Balaban J connectivity index is 1.62. The average molecular weight is 315 g/mol. The molecule has 3 nitrogen and oxygen atoms in total. The number of aryl methyl sites for hydroxylation is 2. The number of rotatable bonds is 5. The second-order valence-electron chi connectivity index (χ2n) is 5.11. The van der Waals surface area contributed by atoms with E-state index in [1.807, 2.05) is 0 Å². The minimum atomic E-state index is 0.820. The van der Waals surface area contributed by atoms with Crippen LogP contribution in [0.5, 0.6) is 0 Å². The third-order valence-corrected chi connectivity index (χ3v) is 4.88. The minimum Gasteiger partial charge on any atom is -0.262 e. The van der Waals surface area contributed by atoms with Gasteiger partial charge in [-0.15, -0.1) is 16.4 Å². The van der Waals surface area contributed by atoms with Gasteiger partial charge in [0.25, 0.3) is 0 Å². The highest BCUT2D eigenvalue weighted by atomic mass is 32.2. The molecule has 0 spiro atoms. The first-order valence-electron chi connectivity index (χ1n) is 6.83. The zero-order valence-corrected chi connectivity index (χ0v) is 13.7. The number of nitrogens with zero attached hydrogens (tertiary/aromatic N) is 2. The van der Waals surface area contributed by atoms with Crippen LogP contribution in [0, 0.1) is 13.8 Å². The molecule has 0 unspecified atom stereocenters. The lowest BCUT2D eigenvalue weighted by Gasteiger charge is -2.02. The molecule has 0 saturated carbocycles. The summed E-state index contributed by atoms with van der Waals surface area (Å²) in [5.41, 5.74) is 3.93. The fourth-order valence-corrected chi connectivity index (χ4v) is 3.76.